The molecule has 0 amide bonds. The van der Waals surface area contributed by atoms with E-state index in [1.807, 2.05) is 13.1 Å². The van der Waals surface area contributed by atoms with Gasteiger partial charge < -0.3 is 5.32 Å². The first-order valence-electron chi connectivity index (χ1n) is 4.64. The van der Waals surface area contributed by atoms with Gasteiger partial charge in [0.05, 0.1) is 0 Å². The van der Waals surface area contributed by atoms with Gasteiger partial charge in [-0.05, 0) is 51.1 Å². The van der Waals surface area contributed by atoms with Crippen molar-refractivity contribution in [1.82, 2.24) is 5.32 Å². The van der Waals surface area contributed by atoms with Crippen LogP contribution in [0.15, 0.2) is 12.7 Å². The van der Waals surface area contributed by atoms with Crippen molar-refractivity contribution in [3.8, 4) is 0 Å². The molecule has 11 heavy (non-hydrogen) atoms. The van der Waals surface area contributed by atoms with Crippen molar-refractivity contribution < 1.29 is 0 Å². The molecule has 0 saturated heterocycles. The van der Waals surface area contributed by atoms with Crippen LogP contribution in [0.25, 0.3) is 0 Å². The van der Waals surface area contributed by atoms with Crippen LogP contribution < -0.4 is 5.32 Å². The van der Waals surface area contributed by atoms with Gasteiger partial charge in [-0.2, -0.15) is 0 Å². The van der Waals surface area contributed by atoms with Crippen LogP contribution >= 0.6 is 0 Å². The van der Waals surface area contributed by atoms with E-state index in [9.17, 15) is 0 Å². The third-order valence-electron chi connectivity index (χ3n) is 2.78. The molecule has 0 aromatic carbocycles. The van der Waals surface area contributed by atoms with Gasteiger partial charge in [0.25, 0.3) is 0 Å². The van der Waals surface area contributed by atoms with Crippen LogP contribution in [0.4, 0.5) is 0 Å². The molecule has 1 fully saturated rings. The van der Waals surface area contributed by atoms with Gasteiger partial charge in [-0.25, -0.2) is 0 Å². The Kier molecular flexibility index (Phi) is 3.64. The fraction of sp³-hybridized carbons (Fsp3) is 0.800. The van der Waals surface area contributed by atoms with Gasteiger partial charge in [0.1, 0.15) is 0 Å². The first-order chi connectivity index (χ1) is 5.38. The molecule has 1 aliphatic rings. The highest BCUT2D eigenvalue weighted by molar-refractivity contribution is 4.83. The second kappa shape index (κ2) is 4.55. The Balaban J connectivity index is 2.09. The third kappa shape index (κ3) is 2.33. The standard InChI is InChI=1S/C10H19N/c1-3-4-5-9-6-7-10(9)8-11-2/h3,9-11H,1,4-8H2,2H3. The van der Waals surface area contributed by atoms with Gasteiger partial charge in [0.15, 0.2) is 0 Å². The normalized spacial score (nSPS) is 29.5. The van der Waals surface area contributed by atoms with Gasteiger partial charge in [0, 0.05) is 0 Å². The van der Waals surface area contributed by atoms with Crippen LogP contribution in [0.2, 0.25) is 0 Å². The molecule has 2 unspecified atom stereocenters. The van der Waals surface area contributed by atoms with E-state index < -0.39 is 0 Å². The Morgan fingerprint density at radius 3 is 2.64 bits per heavy atom. The smallest absolute Gasteiger partial charge is 0.00209 e. The second-order valence-electron chi connectivity index (χ2n) is 3.52. The van der Waals surface area contributed by atoms with Crippen molar-refractivity contribution in [3.63, 3.8) is 0 Å². The fourth-order valence-electron chi connectivity index (χ4n) is 1.88. The zero-order valence-electron chi connectivity index (χ0n) is 7.47. The van der Waals surface area contributed by atoms with Gasteiger partial charge in [-0.3, -0.25) is 0 Å². The van der Waals surface area contributed by atoms with E-state index in [1.54, 1.807) is 0 Å². The molecule has 1 aliphatic carbocycles. The quantitative estimate of drug-likeness (QED) is 0.597. The number of nitrogens with one attached hydrogen (secondary N) is 1. The average Bonchev–Trinajstić information content (AvgIpc) is 1.99. The maximum atomic E-state index is 3.75. The predicted molar refractivity (Wildman–Crippen MR) is 49.6 cm³/mol. The molecule has 0 bridgehead atoms. The van der Waals surface area contributed by atoms with Gasteiger partial charge in [-0.1, -0.05) is 6.08 Å². The summed E-state index contributed by atoms with van der Waals surface area (Å²) in [6.45, 7) is 4.96. The minimum absolute atomic E-state index is 0.958. The van der Waals surface area contributed by atoms with Crippen LogP contribution in [0.3, 0.4) is 0 Å². The summed E-state index contributed by atoms with van der Waals surface area (Å²) in [5.41, 5.74) is 0. The molecule has 0 heterocycles. The molecular weight excluding hydrogens is 134 g/mol. The maximum Gasteiger partial charge on any atom is -0.00209 e. The lowest BCUT2D eigenvalue weighted by Gasteiger charge is -2.36. The van der Waals surface area contributed by atoms with Crippen LogP contribution in [0.5, 0.6) is 0 Å². The highest BCUT2D eigenvalue weighted by Crippen LogP contribution is 2.36. The second-order valence-corrected chi connectivity index (χ2v) is 3.52. The molecule has 1 nitrogen and oxygen atoms in total. The Hall–Kier alpha value is -0.300. The molecule has 0 spiro atoms. The highest BCUT2D eigenvalue weighted by Gasteiger charge is 2.28. The van der Waals surface area contributed by atoms with Gasteiger partial charge >= 0.3 is 0 Å². The van der Waals surface area contributed by atoms with E-state index in [1.165, 1.54) is 32.2 Å². The van der Waals surface area contributed by atoms with E-state index in [0.29, 0.717) is 0 Å². The maximum absolute atomic E-state index is 3.75. The molecule has 1 heteroatoms. The summed E-state index contributed by atoms with van der Waals surface area (Å²) >= 11 is 0. The first kappa shape index (κ1) is 8.79. The van der Waals surface area contributed by atoms with Crippen molar-refractivity contribution >= 4 is 0 Å². The van der Waals surface area contributed by atoms with E-state index >= 15 is 0 Å². The Labute approximate surface area is 69.9 Å². The van der Waals surface area contributed by atoms with Crippen LogP contribution in [0.1, 0.15) is 25.7 Å². The molecule has 0 aromatic heterocycles. The average molecular weight is 153 g/mol. The van der Waals surface area contributed by atoms with Crippen molar-refractivity contribution in [2.45, 2.75) is 25.7 Å². The molecule has 1 N–H and O–H groups in total. The van der Waals surface area contributed by atoms with E-state index in [2.05, 4.69) is 11.9 Å². The molecule has 2 atom stereocenters. The Morgan fingerprint density at radius 2 is 2.18 bits per heavy atom. The lowest BCUT2D eigenvalue weighted by Crippen LogP contribution is -2.33. The van der Waals surface area contributed by atoms with Crippen LogP contribution in [-0.4, -0.2) is 13.6 Å². The van der Waals surface area contributed by atoms with E-state index in [-0.39, 0.29) is 0 Å². The van der Waals surface area contributed by atoms with Crippen molar-refractivity contribution in [2.75, 3.05) is 13.6 Å². The van der Waals surface area contributed by atoms with Crippen molar-refractivity contribution in [3.05, 3.63) is 12.7 Å². The van der Waals surface area contributed by atoms with Crippen molar-refractivity contribution in [2.24, 2.45) is 11.8 Å². The Morgan fingerprint density at radius 1 is 1.45 bits per heavy atom. The largest absolute Gasteiger partial charge is 0.319 e. The predicted octanol–water partition coefficient (Wildman–Crippen LogP) is 2.20. The zero-order chi connectivity index (χ0) is 8.10. The summed E-state index contributed by atoms with van der Waals surface area (Å²) in [6, 6.07) is 0. The number of allylic oxidation sites excluding steroid dienone is 1. The lowest BCUT2D eigenvalue weighted by atomic mass is 9.71. The molecule has 0 radical (unpaired) electrons. The number of rotatable bonds is 5. The fourth-order valence-corrected chi connectivity index (χ4v) is 1.88. The van der Waals surface area contributed by atoms with Crippen molar-refractivity contribution in [1.29, 1.82) is 0 Å². The molecule has 1 saturated carbocycles. The summed E-state index contributed by atoms with van der Waals surface area (Å²) in [7, 11) is 2.04. The molecule has 1 rings (SSSR count). The summed E-state index contributed by atoms with van der Waals surface area (Å²) in [5, 5.41) is 3.25. The number of hydrogen-bond donors (Lipinski definition) is 1. The zero-order valence-corrected chi connectivity index (χ0v) is 7.47. The Bertz CT molecular complexity index is 120. The first-order valence-corrected chi connectivity index (χ1v) is 4.64. The molecular formula is C10H19N. The molecule has 0 aliphatic heterocycles. The summed E-state index contributed by atoms with van der Waals surface area (Å²) < 4.78 is 0. The highest BCUT2D eigenvalue weighted by atomic mass is 14.8. The van der Waals surface area contributed by atoms with E-state index in [4.69, 9.17) is 0 Å². The summed E-state index contributed by atoms with van der Waals surface area (Å²) in [4.78, 5) is 0. The monoisotopic (exact) mass is 153 g/mol. The molecule has 0 aromatic rings. The SMILES string of the molecule is C=CCCC1CCC1CNC. The van der Waals surface area contributed by atoms with Gasteiger partial charge in [0.2, 0.25) is 0 Å². The summed E-state index contributed by atoms with van der Waals surface area (Å²) in [5.74, 6) is 1.94. The van der Waals surface area contributed by atoms with Gasteiger partial charge in [-0.15, -0.1) is 6.58 Å². The van der Waals surface area contributed by atoms with Crippen LogP contribution in [0, 0.1) is 11.8 Å². The number of hydrogen-bond acceptors (Lipinski definition) is 1. The minimum atomic E-state index is 0.958. The van der Waals surface area contributed by atoms with Crippen LogP contribution in [-0.2, 0) is 0 Å². The van der Waals surface area contributed by atoms with E-state index in [0.717, 1.165) is 11.8 Å². The lowest BCUT2D eigenvalue weighted by molar-refractivity contribution is 0.164. The third-order valence-corrected chi connectivity index (χ3v) is 2.78. The topological polar surface area (TPSA) is 12.0 Å². The minimum Gasteiger partial charge on any atom is -0.319 e. The molecule has 64 valence electrons. The summed E-state index contributed by atoms with van der Waals surface area (Å²) in [6.07, 6.45) is 7.47.